The highest BCUT2D eigenvalue weighted by Gasteiger charge is 2.36. The highest BCUT2D eigenvalue weighted by Crippen LogP contribution is 2.38. The number of esters is 8. The van der Waals surface area contributed by atoms with E-state index in [1.54, 1.807) is 0 Å². The molecule has 664 valence electrons. The SMILES string of the molecule is CCCC/C=C/C1C=CC(CCCCCCCC(=O)OCC)C(C(=O)OCC)C1.CCCC/C=C/C1C=CC(CCCCCCCC(=O)OCC)CC1C(=O)OCC.CCCCC1C=CC(/C=C/CCCCCCCC(=O)OCC)C(C(=O)OCC)C1.CCCCC1C=CC(/C=C/CCCCCCCC(=O)OCC)CC1C(=O)OCC. The Hall–Kier alpha value is -6.32. The Morgan fingerprint density at radius 3 is 0.853 bits per heavy atom. The topological polar surface area (TPSA) is 210 Å². The summed E-state index contributed by atoms with van der Waals surface area (Å²) in [4.78, 5) is 95.0. The van der Waals surface area contributed by atoms with Gasteiger partial charge in [0.15, 0.2) is 0 Å². The number of hydrogen-bond acceptors (Lipinski definition) is 16. The number of ether oxygens (including phenoxy) is 8. The largest absolute Gasteiger partial charge is 0.466 e. The summed E-state index contributed by atoms with van der Waals surface area (Å²) in [5.74, 6) is 2.00. The smallest absolute Gasteiger partial charge is 0.309 e. The Morgan fingerprint density at radius 2 is 0.517 bits per heavy atom. The van der Waals surface area contributed by atoms with Gasteiger partial charge in [0.2, 0.25) is 0 Å². The fraction of sp³-hybridized carbons (Fsp3) is 0.760. The van der Waals surface area contributed by atoms with E-state index in [0.717, 1.165) is 180 Å². The molecule has 0 amide bonds. The zero-order valence-corrected chi connectivity index (χ0v) is 75.5. The first-order valence-electron chi connectivity index (χ1n) is 47.2. The standard InChI is InChI=1S/4C25H42O4/c1-4-7-16-22-19-18-21(20-23(22)25(27)29-6-3)15-13-11-9-8-10-12-14-17-24(26)28-5-2;1-4-7-15-21-18-19-22(23(20-21)25(27)29-6-3)16-13-11-9-8-10-12-14-17-24(26)28-5-2;1-4-7-8-13-16-22-19-18-21(20-23(22)25(27)29-6-3)15-12-10-9-11-14-17-24(26)28-5-2;1-4-7-8-12-15-21-18-19-22(23(20-21)25(27)29-6-3)16-13-10-9-11-14-17-24(26)28-5-2/h13,15,18-19,21-23H,4-12,14,16-17,20H2,1-3H3;2*13,16,18-19,21-23H,4-12,14-15,17,20H2,1-3H3;12,15,18-19,21-23H,4-11,13-14,16-17,20H2,1-3H3/b15-13+;2*16-13+;15-12+. The van der Waals surface area contributed by atoms with Crippen LogP contribution < -0.4 is 0 Å². The van der Waals surface area contributed by atoms with Crippen molar-refractivity contribution in [1.82, 2.24) is 0 Å². The van der Waals surface area contributed by atoms with Crippen LogP contribution in [0.15, 0.2) is 97.2 Å². The molecule has 0 aromatic carbocycles. The van der Waals surface area contributed by atoms with Crippen LogP contribution in [-0.4, -0.2) is 101 Å². The van der Waals surface area contributed by atoms with Gasteiger partial charge < -0.3 is 37.9 Å². The van der Waals surface area contributed by atoms with E-state index in [-0.39, 0.29) is 89.2 Å². The van der Waals surface area contributed by atoms with Gasteiger partial charge in [-0.1, -0.05) is 266 Å². The van der Waals surface area contributed by atoms with Crippen LogP contribution >= 0.6 is 0 Å². The lowest BCUT2D eigenvalue weighted by Crippen LogP contribution is -2.29. The zero-order valence-electron chi connectivity index (χ0n) is 75.5. The summed E-state index contributed by atoms with van der Waals surface area (Å²) in [6, 6.07) is 0. The predicted octanol–water partition coefficient (Wildman–Crippen LogP) is 25.6. The molecule has 0 bridgehead atoms. The van der Waals surface area contributed by atoms with Crippen molar-refractivity contribution in [2.75, 3.05) is 52.9 Å². The summed E-state index contributed by atoms with van der Waals surface area (Å²) >= 11 is 0. The number of rotatable bonds is 60. The van der Waals surface area contributed by atoms with Crippen LogP contribution in [-0.2, 0) is 76.3 Å². The molecule has 16 heteroatoms. The lowest BCUT2D eigenvalue weighted by Gasteiger charge is -2.29. The molecule has 0 saturated carbocycles. The van der Waals surface area contributed by atoms with Crippen molar-refractivity contribution < 1.29 is 76.3 Å². The molecule has 116 heavy (non-hydrogen) atoms. The zero-order chi connectivity index (χ0) is 85.3. The third-order valence-electron chi connectivity index (χ3n) is 22.3. The molecular weight excluding hydrogens is 1460 g/mol. The first-order chi connectivity index (χ1) is 56.5. The molecule has 12 unspecified atom stereocenters. The second-order valence-electron chi connectivity index (χ2n) is 32.0. The van der Waals surface area contributed by atoms with Gasteiger partial charge in [0.05, 0.1) is 76.5 Å². The van der Waals surface area contributed by atoms with Gasteiger partial charge in [0, 0.05) is 37.5 Å². The molecule has 4 aliphatic carbocycles. The molecule has 0 saturated heterocycles. The number of unbranched alkanes of at least 4 members (excludes halogenated alkanes) is 24. The van der Waals surface area contributed by atoms with Crippen LogP contribution in [0.5, 0.6) is 0 Å². The monoisotopic (exact) mass is 1630 g/mol. The van der Waals surface area contributed by atoms with Gasteiger partial charge in [-0.25, -0.2) is 0 Å². The minimum absolute atomic E-state index is 0.000508. The highest BCUT2D eigenvalue weighted by atomic mass is 16.6. The van der Waals surface area contributed by atoms with Crippen LogP contribution in [0.1, 0.15) is 366 Å². The maximum absolute atomic E-state index is 12.5. The van der Waals surface area contributed by atoms with E-state index in [1.807, 2.05) is 55.4 Å². The molecule has 4 rings (SSSR count). The fourth-order valence-corrected chi connectivity index (χ4v) is 15.7. The van der Waals surface area contributed by atoms with Crippen molar-refractivity contribution in [2.24, 2.45) is 71.0 Å². The van der Waals surface area contributed by atoms with Gasteiger partial charge in [0.25, 0.3) is 0 Å². The number of carbonyl (C=O) groups excluding carboxylic acids is 8. The Morgan fingerprint density at radius 1 is 0.250 bits per heavy atom. The van der Waals surface area contributed by atoms with Crippen molar-refractivity contribution in [2.45, 2.75) is 366 Å². The second kappa shape index (κ2) is 74.9. The first-order valence-corrected chi connectivity index (χ1v) is 47.2. The van der Waals surface area contributed by atoms with Crippen molar-refractivity contribution in [3.05, 3.63) is 97.2 Å². The van der Waals surface area contributed by atoms with Crippen LogP contribution in [0.3, 0.4) is 0 Å². The van der Waals surface area contributed by atoms with E-state index in [9.17, 15) is 38.4 Å². The quantitative estimate of drug-likeness (QED) is 0.0240. The molecule has 0 radical (unpaired) electrons. The molecule has 0 aromatic heterocycles. The predicted molar refractivity (Wildman–Crippen MR) is 474 cm³/mol. The van der Waals surface area contributed by atoms with E-state index < -0.39 is 0 Å². The lowest BCUT2D eigenvalue weighted by atomic mass is 9.76. The molecule has 12 atom stereocenters. The van der Waals surface area contributed by atoms with Crippen molar-refractivity contribution >= 4 is 47.8 Å². The van der Waals surface area contributed by atoms with E-state index in [2.05, 4.69) is 125 Å². The Kier molecular flexibility index (Phi) is 69.6. The molecule has 0 aromatic rings. The molecule has 4 aliphatic rings. The number of allylic oxidation sites excluding steroid dienone is 16. The maximum Gasteiger partial charge on any atom is 0.309 e. The highest BCUT2D eigenvalue weighted by molar-refractivity contribution is 5.75. The summed E-state index contributed by atoms with van der Waals surface area (Å²) < 4.78 is 41.2. The maximum atomic E-state index is 12.5. The number of carbonyl (C=O) groups is 8. The fourth-order valence-electron chi connectivity index (χ4n) is 15.7. The summed E-state index contributed by atoms with van der Waals surface area (Å²) in [6.07, 6.45) is 81.8. The van der Waals surface area contributed by atoms with Crippen LogP contribution in [0.2, 0.25) is 0 Å². The average molecular weight is 1630 g/mol. The number of hydrogen-bond donors (Lipinski definition) is 0. The summed E-state index contributed by atoms with van der Waals surface area (Å²) in [5, 5.41) is 0. The second-order valence-corrected chi connectivity index (χ2v) is 32.0. The van der Waals surface area contributed by atoms with E-state index in [1.165, 1.54) is 77.0 Å². The minimum Gasteiger partial charge on any atom is -0.466 e. The lowest BCUT2D eigenvalue weighted by molar-refractivity contribution is -0.151. The summed E-state index contributed by atoms with van der Waals surface area (Å²) in [5.41, 5.74) is 0. The molecule has 0 fully saturated rings. The summed E-state index contributed by atoms with van der Waals surface area (Å²) in [7, 11) is 0. The third-order valence-corrected chi connectivity index (χ3v) is 22.3. The normalized spacial score (nSPS) is 21.4. The molecular formula is C100H168O16. The minimum atomic E-state index is -0.0876. The van der Waals surface area contributed by atoms with Crippen molar-refractivity contribution in [1.29, 1.82) is 0 Å². The molecule has 0 N–H and O–H groups in total. The van der Waals surface area contributed by atoms with Gasteiger partial charge in [0.1, 0.15) is 0 Å². The Labute approximate surface area is 707 Å². The van der Waals surface area contributed by atoms with Gasteiger partial charge in [-0.15, -0.1) is 0 Å². The van der Waals surface area contributed by atoms with Gasteiger partial charge in [-0.2, -0.15) is 0 Å². The molecule has 0 heterocycles. The first kappa shape index (κ1) is 108. The Bertz CT molecular complexity index is 2770. The van der Waals surface area contributed by atoms with Gasteiger partial charge in [-0.3, -0.25) is 38.4 Å². The van der Waals surface area contributed by atoms with E-state index >= 15 is 0 Å². The molecule has 0 spiro atoms. The average Bonchev–Trinajstić information content (AvgIpc) is 0.864. The van der Waals surface area contributed by atoms with Gasteiger partial charge in [-0.05, 0) is 206 Å². The molecule has 0 aliphatic heterocycles. The van der Waals surface area contributed by atoms with E-state index in [4.69, 9.17) is 37.9 Å². The van der Waals surface area contributed by atoms with Crippen molar-refractivity contribution in [3.8, 4) is 0 Å². The third kappa shape index (κ3) is 54.7. The van der Waals surface area contributed by atoms with E-state index in [0.29, 0.717) is 108 Å². The van der Waals surface area contributed by atoms with Crippen LogP contribution in [0.4, 0.5) is 0 Å². The van der Waals surface area contributed by atoms with Crippen LogP contribution in [0.25, 0.3) is 0 Å². The van der Waals surface area contributed by atoms with Crippen LogP contribution in [0, 0.1) is 71.0 Å². The summed E-state index contributed by atoms with van der Waals surface area (Å²) in [6.45, 7) is 27.4. The molecule has 16 nitrogen and oxygen atoms in total. The van der Waals surface area contributed by atoms with Crippen molar-refractivity contribution in [3.63, 3.8) is 0 Å². The Balaban J connectivity index is 0.000000773. The van der Waals surface area contributed by atoms with Gasteiger partial charge >= 0.3 is 47.8 Å².